The zero-order valence-corrected chi connectivity index (χ0v) is 19.3. The van der Waals surface area contributed by atoms with Crippen LogP contribution < -0.4 is 5.32 Å². The van der Waals surface area contributed by atoms with Crippen LogP contribution in [0.2, 0.25) is 0 Å². The summed E-state index contributed by atoms with van der Waals surface area (Å²) in [6.45, 7) is 6.86. The second kappa shape index (κ2) is 6.60. The standard InChI is InChI=1S/C22H20F3N5O2S/c1-10-16(14-8-12(23)9-15-13(14)6-7-29(15)33(5,31)32)17(24)18(25)19-20(10)30-11(2)27-28-21(30)22(3,4)26-19/h6-9,26H,1-5H3. The van der Waals surface area contributed by atoms with E-state index in [4.69, 9.17) is 0 Å². The van der Waals surface area contributed by atoms with Crippen molar-refractivity contribution in [3.63, 3.8) is 0 Å². The Balaban J connectivity index is 1.91. The van der Waals surface area contributed by atoms with Gasteiger partial charge in [0.25, 0.3) is 0 Å². The fourth-order valence-corrected chi connectivity index (χ4v) is 5.38. The van der Waals surface area contributed by atoms with E-state index in [1.54, 1.807) is 32.3 Å². The van der Waals surface area contributed by atoms with Crippen LogP contribution in [-0.4, -0.2) is 33.4 Å². The molecule has 0 saturated heterocycles. The fraction of sp³-hybridized carbons (Fsp3) is 0.273. The normalized spacial score (nSPS) is 14.8. The smallest absolute Gasteiger partial charge is 0.236 e. The zero-order valence-electron chi connectivity index (χ0n) is 18.5. The van der Waals surface area contributed by atoms with Crippen LogP contribution in [0, 0.1) is 31.3 Å². The molecule has 0 fully saturated rings. The Morgan fingerprint density at radius 2 is 1.76 bits per heavy atom. The first-order valence-corrected chi connectivity index (χ1v) is 11.9. The molecular weight excluding hydrogens is 455 g/mol. The monoisotopic (exact) mass is 475 g/mol. The molecule has 2 aromatic heterocycles. The number of nitrogens with one attached hydrogen (secondary N) is 1. The second-order valence-corrected chi connectivity index (χ2v) is 10.6. The molecule has 1 aliphatic heterocycles. The first-order valence-electron chi connectivity index (χ1n) is 10.1. The van der Waals surface area contributed by atoms with Gasteiger partial charge in [-0.25, -0.2) is 25.6 Å². The van der Waals surface area contributed by atoms with E-state index in [2.05, 4.69) is 15.5 Å². The van der Waals surface area contributed by atoms with E-state index in [0.29, 0.717) is 22.9 Å². The highest BCUT2D eigenvalue weighted by atomic mass is 32.2. The van der Waals surface area contributed by atoms with Crippen LogP contribution in [0.3, 0.4) is 0 Å². The zero-order chi connectivity index (χ0) is 24.0. The number of benzene rings is 2. The van der Waals surface area contributed by atoms with Crippen LogP contribution in [-0.2, 0) is 15.6 Å². The van der Waals surface area contributed by atoms with Gasteiger partial charge in [0.15, 0.2) is 17.5 Å². The molecule has 0 unspecified atom stereocenters. The van der Waals surface area contributed by atoms with Gasteiger partial charge in [-0.3, -0.25) is 4.57 Å². The fourth-order valence-electron chi connectivity index (χ4n) is 4.59. The number of anilines is 1. The van der Waals surface area contributed by atoms with Gasteiger partial charge in [0.2, 0.25) is 10.0 Å². The van der Waals surface area contributed by atoms with E-state index >= 15 is 8.78 Å². The van der Waals surface area contributed by atoms with Crippen LogP contribution in [0.25, 0.3) is 27.7 Å². The van der Waals surface area contributed by atoms with Gasteiger partial charge in [-0.05, 0) is 57.0 Å². The highest BCUT2D eigenvalue weighted by Gasteiger charge is 2.39. The average Bonchev–Trinajstić information content (AvgIpc) is 3.30. The summed E-state index contributed by atoms with van der Waals surface area (Å²) in [6, 6.07) is 3.57. The van der Waals surface area contributed by atoms with Crippen LogP contribution in [0.4, 0.5) is 18.9 Å². The molecule has 1 aliphatic rings. The third-order valence-corrected chi connectivity index (χ3v) is 7.04. The lowest BCUT2D eigenvalue weighted by Crippen LogP contribution is -2.37. The van der Waals surface area contributed by atoms with Gasteiger partial charge in [-0.15, -0.1) is 10.2 Å². The predicted octanol–water partition coefficient (Wildman–Crippen LogP) is 4.39. The van der Waals surface area contributed by atoms with Gasteiger partial charge in [0.1, 0.15) is 11.6 Å². The lowest BCUT2D eigenvalue weighted by atomic mass is 9.91. The largest absolute Gasteiger partial charge is 0.369 e. The lowest BCUT2D eigenvalue weighted by molar-refractivity contribution is 0.488. The number of aromatic nitrogens is 4. The van der Waals surface area contributed by atoms with Crippen molar-refractivity contribution in [1.82, 2.24) is 18.7 Å². The minimum absolute atomic E-state index is 0.0323. The van der Waals surface area contributed by atoms with E-state index in [1.807, 2.05) is 0 Å². The van der Waals surface area contributed by atoms with Crippen molar-refractivity contribution >= 4 is 26.6 Å². The molecule has 5 rings (SSSR count). The molecule has 4 aromatic rings. The Morgan fingerprint density at radius 3 is 2.42 bits per heavy atom. The molecule has 33 heavy (non-hydrogen) atoms. The summed E-state index contributed by atoms with van der Waals surface area (Å²) in [5.74, 6) is -2.08. The molecular formula is C22H20F3N5O2S. The van der Waals surface area contributed by atoms with Crippen LogP contribution in [0.1, 0.15) is 31.1 Å². The highest BCUT2D eigenvalue weighted by Crippen LogP contribution is 2.46. The summed E-state index contributed by atoms with van der Waals surface area (Å²) < 4.78 is 72.5. The van der Waals surface area contributed by atoms with Gasteiger partial charge < -0.3 is 5.32 Å². The van der Waals surface area contributed by atoms with E-state index in [-0.39, 0.29) is 27.7 Å². The van der Waals surface area contributed by atoms with Crippen molar-refractivity contribution in [2.45, 2.75) is 33.2 Å². The number of halogens is 3. The highest BCUT2D eigenvalue weighted by molar-refractivity contribution is 7.89. The van der Waals surface area contributed by atoms with Crippen molar-refractivity contribution in [2.24, 2.45) is 0 Å². The number of nitrogens with zero attached hydrogens (tertiary/aromatic N) is 4. The molecule has 0 bridgehead atoms. The van der Waals surface area contributed by atoms with Gasteiger partial charge >= 0.3 is 0 Å². The van der Waals surface area contributed by atoms with Crippen molar-refractivity contribution < 1.29 is 21.6 Å². The Kier molecular flexibility index (Phi) is 4.30. The second-order valence-electron chi connectivity index (χ2n) is 8.77. The maximum Gasteiger partial charge on any atom is 0.236 e. The SMILES string of the molecule is Cc1c(-c2cc(F)cc3c2ccn3S(C)(=O)=O)c(F)c(F)c2c1-n1c(C)nnc1C(C)(C)N2. The molecule has 2 aromatic carbocycles. The first kappa shape index (κ1) is 21.5. The summed E-state index contributed by atoms with van der Waals surface area (Å²) in [5, 5.41) is 11.6. The molecule has 1 N–H and O–H groups in total. The van der Waals surface area contributed by atoms with E-state index < -0.39 is 33.0 Å². The number of fused-ring (bicyclic) bond motifs is 4. The topological polar surface area (TPSA) is 81.8 Å². The molecule has 0 aliphatic carbocycles. The first-order chi connectivity index (χ1) is 15.3. The van der Waals surface area contributed by atoms with Gasteiger partial charge in [0, 0.05) is 17.1 Å². The maximum atomic E-state index is 15.6. The molecule has 0 spiro atoms. The molecule has 0 amide bonds. The average molecular weight is 475 g/mol. The van der Waals surface area contributed by atoms with E-state index in [0.717, 1.165) is 22.4 Å². The lowest BCUT2D eigenvalue weighted by Gasteiger charge is -2.35. The Morgan fingerprint density at radius 1 is 1.06 bits per heavy atom. The summed E-state index contributed by atoms with van der Waals surface area (Å²) >= 11 is 0. The third-order valence-electron chi connectivity index (χ3n) is 6.01. The van der Waals surface area contributed by atoms with Crippen molar-refractivity contribution in [3.8, 4) is 16.8 Å². The van der Waals surface area contributed by atoms with Gasteiger partial charge in [0.05, 0.1) is 28.7 Å². The Hall–Kier alpha value is -3.34. The molecule has 172 valence electrons. The number of aryl methyl sites for hydroxylation is 1. The van der Waals surface area contributed by atoms with Gasteiger partial charge in [-0.1, -0.05) is 0 Å². The number of hydrogen-bond acceptors (Lipinski definition) is 5. The van der Waals surface area contributed by atoms with Crippen molar-refractivity contribution in [1.29, 1.82) is 0 Å². The summed E-state index contributed by atoms with van der Waals surface area (Å²) in [5.41, 5.74) is -0.311. The molecule has 3 heterocycles. The summed E-state index contributed by atoms with van der Waals surface area (Å²) in [7, 11) is -3.74. The Bertz CT molecular complexity index is 1600. The van der Waals surface area contributed by atoms with E-state index in [9.17, 15) is 12.8 Å². The predicted molar refractivity (Wildman–Crippen MR) is 119 cm³/mol. The quantitative estimate of drug-likeness (QED) is 0.465. The van der Waals surface area contributed by atoms with Crippen molar-refractivity contribution in [2.75, 3.05) is 11.6 Å². The van der Waals surface area contributed by atoms with E-state index in [1.165, 1.54) is 12.3 Å². The minimum Gasteiger partial charge on any atom is -0.369 e. The third kappa shape index (κ3) is 2.91. The molecule has 0 atom stereocenters. The van der Waals surface area contributed by atoms with Crippen LogP contribution >= 0.6 is 0 Å². The summed E-state index contributed by atoms with van der Waals surface area (Å²) in [6.07, 6.45) is 2.24. The molecule has 0 saturated carbocycles. The minimum atomic E-state index is -3.74. The Labute approximate surface area is 187 Å². The van der Waals surface area contributed by atoms with Crippen molar-refractivity contribution in [3.05, 3.63) is 59.1 Å². The number of hydrogen-bond donors (Lipinski definition) is 1. The maximum absolute atomic E-state index is 15.6. The van der Waals surface area contributed by atoms with Gasteiger partial charge in [-0.2, -0.15) is 0 Å². The summed E-state index contributed by atoms with van der Waals surface area (Å²) in [4.78, 5) is 0. The van der Waals surface area contributed by atoms with Crippen LogP contribution in [0.5, 0.6) is 0 Å². The molecule has 0 radical (unpaired) electrons. The molecule has 11 heteroatoms. The molecule has 7 nitrogen and oxygen atoms in total. The number of rotatable bonds is 2. The van der Waals surface area contributed by atoms with Crippen LogP contribution in [0.15, 0.2) is 24.4 Å².